The lowest BCUT2D eigenvalue weighted by Gasteiger charge is -2.23. The molecule has 0 spiro atoms. The number of pyridine rings is 1. The number of benzene rings is 1. The summed E-state index contributed by atoms with van der Waals surface area (Å²) in [6.45, 7) is 4.81. The molecule has 4 aromatic rings. The summed E-state index contributed by atoms with van der Waals surface area (Å²) < 4.78 is 56.4. The maximum Gasteiger partial charge on any atom is 0.522 e. The van der Waals surface area contributed by atoms with Crippen molar-refractivity contribution in [1.29, 1.82) is 0 Å². The largest absolute Gasteiger partial charge is 0.522 e. The van der Waals surface area contributed by atoms with E-state index in [0.717, 1.165) is 40.6 Å². The molecule has 0 radical (unpaired) electrons. The number of nitrogens with zero attached hydrogens (tertiary/aromatic N) is 6. The average molecular weight is 587 g/mol. The Morgan fingerprint density at radius 3 is 2.62 bits per heavy atom. The van der Waals surface area contributed by atoms with Crippen molar-refractivity contribution in [2.75, 3.05) is 39.5 Å². The molecule has 0 aliphatic carbocycles. The molecular weight excluding hydrogens is 553 g/mol. The van der Waals surface area contributed by atoms with Gasteiger partial charge in [-0.25, -0.2) is 4.79 Å². The Hall–Kier alpha value is -3.39. The lowest BCUT2D eigenvalue weighted by molar-refractivity contribution is -0.340. The summed E-state index contributed by atoms with van der Waals surface area (Å²) in [6, 6.07) is 9.83. The Balaban J connectivity index is 1.16. The molecule has 10 nitrogen and oxygen atoms in total. The fraction of sp³-hybridized carbons (Fsp3) is 0.517. The highest BCUT2D eigenvalue weighted by Crippen LogP contribution is 2.31. The molecule has 3 aromatic heterocycles. The van der Waals surface area contributed by atoms with Gasteiger partial charge in [0.1, 0.15) is 5.52 Å². The zero-order chi connectivity index (χ0) is 29.4. The van der Waals surface area contributed by atoms with E-state index in [2.05, 4.69) is 19.9 Å². The van der Waals surface area contributed by atoms with Gasteiger partial charge in [-0.2, -0.15) is 0 Å². The second-order valence-corrected chi connectivity index (χ2v) is 10.9. The Kier molecular flexibility index (Phi) is 8.01. The van der Waals surface area contributed by atoms with E-state index in [4.69, 9.17) is 9.47 Å². The van der Waals surface area contributed by atoms with Gasteiger partial charge in [-0.05, 0) is 49.9 Å². The van der Waals surface area contributed by atoms with Gasteiger partial charge in [0.25, 0.3) is 0 Å². The summed E-state index contributed by atoms with van der Waals surface area (Å²) in [7, 11) is 1.72. The fourth-order valence-corrected chi connectivity index (χ4v) is 5.90. The van der Waals surface area contributed by atoms with Crippen LogP contribution in [0.5, 0.6) is 0 Å². The molecule has 0 amide bonds. The van der Waals surface area contributed by atoms with E-state index in [0.29, 0.717) is 50.5 Å². The zero-order valence-corrected chi connectivity index (χ0v) is 23.5. The van der Waals surface area contributed by atoms with Crippen LogP contribution in [-0.4, -0.2) is 81.1 Å². The van der Waals surface area contributed by atoms with E-state index in [1.54, 1.807) is 17.8 Å². The van der Waals surface area contributed by atoms with E-state index in [-0.39, 0.29) is 24.4 Å². The van der Waals surface area contributed by atoms with Gasteiger partial charge in [-0.1, -0.05) is 12.1 Å². The van der Waals surface area contributed by atoms with Crippen LogP contribution in [-0.2, 0) is 21.3 Å². The average Bonchev–Trinajstić information content (AvgIpc) is 3.53. The van der Waals surface area contributed by atoms with Crippen molar-refractivity contribution >= 4 is 22.1 Å². The molecule has 0 N–H and O–H groups in total. The normalized spacial score (nSPS) is 19.7. The smallest absolute Gasteiger partial charge is 0.381 e. The number of rotatable bonds is 8. The lowest BCUT2D eigenvalue weighted by Crippen LogP contribution is -2.30. The van der Waals surface area contributed by atoms with Crippen molar-refractivity contribution in [2.45, 2.75) is 50.8 Å². The van der Waals surface area contributed by atoms with E-state index in [9.17, 15) is 18.0 Å². The minimum Gasteiger partial charge on any atom is -0.381 e. The van der Waals surface area contributed by atoms with Crippen LogP contribution in [0.25, 0.3) is 33.2 Å². The first-order chi connectivity index (χ1) is 20.2. The minimum atomic E-state index is -4.61. The zero-order valence-electron chi connectivity index (χ0n) is 23.5. The lowest BCUT2D eigenvalue weighted by atomic mass is 10.0. The number of hydrogen-bond donors (Lipinski definition) is 0. The topological polar surface area (TPSA) is 96.5 Å². The van der Waals surface area contributed by atoms with Crippen molar-refractivity contribution in [3.05, 3.63) is 52.7 Å². The van der Waals surface area contributed by atoms with Gasteiger partial charge in [-0.3, -0.25) is 23.8 Å². The molecule has 224 valence electrons. The highest BCUT2D eigenvalue weighted by atomic mass is 19.4. The van der Waals surface area contributed by atoms with E-state index >= 15 is 0 Å². The van der Waals surface area contributed by atoms with Crippen LogP contribution in [0.3, 0.4) is 0 Å². The molecule has 1 aromatic carbocycles. The molecule has 2 aliphatic rings. The van der Waals surface area contributed by atoms with Gasteiger partial charge in [0, 0.05) is 63.1 Å². The number of halogens is 3. The molecule has 0 bridgehead atoms. The van der Waals surface area contributed by atoms with Gasteiger partial charge < -0.3 is 9.47 Å². The number of aryl methyl sites for hydroxylation is 1. The van der Waals surface area contributed by atoms with Gasteiger partial charge >= 0.3 is 12.1 Å². The van der Waals surface area contributed by atoms with Gasteiger partial charge in [0.15, 0.2) is 5.65 Å². The minimum absolute atomic E-state index is 0.0357. The first-order valence-electron chi connectivity index (χ1n) is 14.2. The molecule has 0 saturated carbocycles. The second-order valence-electron chi connectivity index (χ2n) is 10.9. The Morgan fingerprint density at radius 2 is 1.88 bits per heavy atom. The number of aromatic nitrogens is 5. The standard InChI is InChI=1S/C29H33F3N6O4/c1-18(41-14-11-37-10-7-22(17-37)42-29(30,31)32)24-5-4-20(16-33-24)19-3-6-25-23(15-19)26-27(35-34-25)36(2)28(39)38(26)21-8-12-40-13-9-21/h3-6,15-16,18,21-22H,7-14,17H2,1-2H3/t18-,22?/m1/s1. The van der Waals surface area contributed by atoms with E-state index < -0.39 is 12.5 Å². The van der Waals surface area contributed by atoms with E-state index in [1.165, 1.54) is 0 Å². The van der Waals surface area contributed by atoms with Crippen LogP contribution in [0.1, 0.15) is 44.0 Å². The first-order valence-corrected chi connectivity index (χ1v) is 14.2. The second kappa shape index (κ2) is 11.7. The van der Waals surface area contributed by atoms with E-state index in [1.807, 2.05) is 46.7 Å². The molecule has 5 heterocycles. The number of likely N-dealkylation sites (tertiary alicyclic amines) is 1. The Morgan fingerprint density at radius 1 is 1.10 bits per heavy atom. The summed E-state index contributed by atoms with van der Waals surface area (Å²) in [5.41, 5.74) is 4.52. The monoisotopic (exact) mass is 586 g/mol. The highest BCUT2D eigenvalue weighted by Gasteiger charge is 2.36. The molecule has 2 atom stereocenters. The summed E-state index contributed by atoms with van der Waals surface area (Å²) in [5, 5.41) is 9.60. The first kappa shape index (κ1) is 28.7. The quantitative estimate of drug-likeness (QED) is 0.300. The number of hydrogen-bond acceptors (Lipinski definition) is 8. The van der Waals surface area contributed by atoms with Crippen LogP contribution in [0, 0.1) is 0 Å². The van der Waals surface area contributed by atoms with Crippen LogP contribution in [0.15, 0.2) is 41.3 Å². The summed E-state index contributed by atoms with van der Waals surface area (Å²) in [4.78, 5) is 19.8. The Bertz CT molecular complexity index is 1610. The molecule has 1 unspecified atom stereocenters. The third kappa shape index (κ3) is 5.91. The number of ether oxygens (including phenoxy) is 3. The Labute approximate surface area is 240 Å². The summed E-state index contributed by atoms with van der Waals surface area (Å²) in [6.07, 6.45) is -2.05. The predicted molar refractivity (Wildman–Crippen MR) is 149 cm³/mol. The molecule has 2 aliphatic heterocycles. The van der Waals surface area contributed by atoms with Gasteiger partial charge in [-0.15, -0.1) is 23.4 Å². The molecule has 42 heavy (non-hydrogen) atoms. The molecular formula is C29H33F3N6O4. The summed E-state index contributed by atoms with van der Waals surface area (Å²) in [5.74, 6) is 0. The summed E-state index contributed by atoms with van der Waals surface area (Å²) >= 11 is 0. The van der Waals surface area contributed by atoms with Gasteiger partial charge in [0.05, 0.1) is 30.0 Å². The third-order valence-corrected chi connectivity index (χ3v) is 8.16. The number of fused-ring (bicyclic) bond motifs is 3. The maximum absolute atomic E-state index is 13.2. The van der Waals surface area contributed by atoms with Crippen molar-refractivity contribution in [2.24, 2.45) is 7.05 Å². The molecule has 2 saturated heterocycles. The number of imidazole rings is 1. The highest BCUT2D eigenvalue weighted by molar-refractivity contribution is 6.02. The fourth-order valence-electron chi connectivity index (χ4n) is 5.90. The van der Waals surface area contributed by atoms with Gasteiger partial charge in [0.2, 0.25) is 0 Å². The molecule has 2 fully saturated rings. The molecule has 13 heteroatoms. The van der Waals surface area contributed by atoms with Crippen LogP contribution < -0.4 is 5.69 Å². The van der Waals surface area contributed by atoms with Crippen LogP contribution >= 0.6 is 0 Å². The maximum atomic E-state index is 13.2. The van der Waals surface area contributed by atoms with Crippen molar-refractivity contribution in [3.8, 4) is 11.1 Å². The van der Waals surface area contributed by atoms with Crippen molar-refractivity contribution in [3.63, 3.8) is 0 Å². The predicted octanol–water partition coefficient (Wildman–Crippen LogP) is 4.39. The SMILES string of the molecule is C[C@@H](OCCN1CCC(OC(F)(F)F)C1)c1ccc(-c2ccc3nnc4c(c3c2)n(C2CCOCC2)c(=O)n4C)cn1. The van der Waals surface area contributed by atoms with Crippen molar-refractivity contribution < 1.29 is 27.4 Å². The third-order valence-electron chi connectivity index (χ3n) is 8.16. The molecule has 6 rings (SSSR count). The van der Waals surface area contributed by atoms with Crippen LogP contribution in [0.2, 0.25) is 0 Å². The number of alkyl halides is 3. The van der Waals surface area contributed by atoms with Crippen molar-refractivity contribution in [1.82, 2.24) is 29.2 Å². The van der Waals surface area contributed by atoms with Crippen LogP contribution in [0.4, 0.5) is 13.2 Å².